The van der Waals surface area contributed by atoms with Crippen molar-refractivity contribution in [2.75, 3.05) is 0 Å². The van der Waals surface area contributed by atoms with Gasteiger partial charge in [0.25, 0.3) is 0 Å². The normalized spacial score (nSPS) is 11.6. The molecule has 2 rings (SSSR count). The molecule has 0 N–H and O–H groups in total. The van der Waals surface area contributed by atoms with Crippen molar-refractivity contribution in [3.63, 3.8) is 0 Å². The van der Waals surface area contributed by atoms with Gasteiger partial charge in [0, 0.05) is 17.5 Å². The quantitative estimate of drug-likeness (QED) is 0.717. The van der Waals surface area contributed by atoms with E-state index in [-0.39, 0.29) is 11.6 Å². The molecule has 0 unspecified atom stereocenters. The number of hydrogen-bond donors (Lipinski definition) is 0. The number of hydrogen-bond acceptors (Lipinski definition) is 3. The van der Waals surface area contributed by atoms with E-state index in [4.69, 9.17) is 4.74 Å². The van der Waals surface area contributed by atoms with E-state index in [1.165, 1.54) is 5.38 Å². The monoisotopic (exact) mass is 337 g/mol. The summed E-state index contributed by atoms with van der Waals surface area (Å²) in [4.78, 5) is 3.33. The lowest BCUT2D eigenvalue weighted by molar-refractivity contribution is -0.134. The molecule has 96 valence electrons. The molecule has 0 spiro atoms. The number of halogens is 4. The third-order valence-corrected chi connectivity index (χ3v) is 3.35. The van der Waals surface area contributed by atoms with Gasteiger partial charge in [0.1, 0.15) is 15.2 Å². The summed E-state index contributed by atoms with van der Waals surface area (Å²) in [6.45, 7) is 1.84. The molecule has 0 aliphatic heterocycles. The Hall–Kier alpha value is -1.08. The molecule has 7 heteroatoms. The molecule has 0 amide bonds. The molecule has 0 aliphatic carbocycles. The van der Waals surface area contributed by atoms with E-state index in [0.717, 1.165) is 11.6 Å². The zero-order valence-corrected chi connectivity index (χ0v) is 11.5. The van der Waals surface area contributed by atoms with E-state index < -0.39 is 11.1 Å². The summed E-state index contributed by atoms with van der Waals surface area (Å²) in [6, 6.07) is 4.39. The van der Waals surface area contributed by atoms with Crippen LogP contribution in [0.5, 0.6) is 11.6 Å². The number of pyridine rings is 1. The van der Waals surface area contributed by atoms with E-state index >= 15 is 0 Å². The van der Waals surface area contributed by atoms with E-state index in [1.807, 2.05) is 6.92 Å². The first-order valence-electron chi connectivity index (χ1n) is 4.82. The largest absolute Gasteiger partial charge is 0.438 e. The first-order chi connectivity index (χ1) is 8.34. The summed E-state index contributed by atoms with van der Waals surface area (Å²) in [6.07, 6.45) is -4.34. The molecule has 0 radical (unpaired) electrons. The molecule has 18 heavy (non-hydrogen) atoms. The number of nitrogens with zero attached hydrogens (tertiary/aromatic N) is 1. The van der Waals surface area contributed by atoms with Crippen LogP contribution in [0, 0.1) is 6.92 Å². The average Bonchev–Trinajstić information content (AvgIpc) is 2.63. The smallest absolute Gasteiger partial charge is 0.425 e. The Morgan fingerprint density at radius 2 is 2.00 bits per heavy atom. The Kier molecular flexibility index (Phi) is 3.63. The Morgan fingerprint density at radius 3 is 2.56 bits per heavy atom. The van der Waals surface area contributed by atoms with Gasteiger partial charge in [-0.3, -0.25) is 0 Å². The number of aromatic nitrogens is 1. The van der Waals surface area contributed by atoms with Gasteiger partial charge in [-0.2, -0.15) is 13.2 Å². The molecule has 0 fully saturated rings. The van der Waals surface area contributed by atoms with Crippen LogP contribution >= 0.6 is 27.3 Å². The maximum Gasteiger partial charge on any atom is 0.425 e. The fraction of sp³-hybridized carbons (Fsp3) is 0.182. The summed E-state index contributed by atoms with van der Waals surface area (Å²) in [5.74, 6) is 0.394. The average molecular weight is 338 g/mol. The lowest BCUT2D eigenvalue weighted by Crippen LogP contribution is -2.00. The van der Waals surface area contributed by atoms with Gasteiger partial charge < -0.3 is 4.74 Å². The third-order valence-electron chi connectivity index (χ3n) is 1.99. The molecule has 2 heterocycles. The Labute approximate surface area is 114 Å². The first-order valence-corrected chi connectivity index (χ1v) is 6.49. The first kappa shape index (κ1) is 13.4. The fourth-order valence-corrected chi connectivity index (χ4v) is 2.50. The Morgan fingerprint density at radius 1 is 1.28 bits per heavy atom. The zero-order chi connectivity index (χ0) is 13.3. The minimum atomic E-state index is -4.34. The summed E-state index contributed by atoms with van der Waals surface area (Å²) in [5.41, 5.74) is 0.901. The molecular weight excluding hydrogens is 331 g/mol. The summed E-state index contributed by atoms with van der Waals surface area (Å²) in [5, 5.41) is 1.31. The molecule has 2 aromatic rings. The summed E-state index contributed by atoms with van der Waals surface area (Å²) in [7, 11) is 0. The second-order valence-electron chi connectivity index (χ2n) is 3.55. The van der Waals surface area contributed by atoms with Crippen LogP contribution in [0.1, 0.15) is 10.4 Å². The van der Waals surface area contributed by atoms with Gasteiger partial charge in [-0.1, -0.05) is 0 Å². The van der Waals surface area contributed by atoms with Gasteiger partial charge in [0.2, 0.25) is 5.88 Å². The second-order valence-corrected chi connectivity index (χ2v) is 5.28. The van der Waals surface area contributed by atoms with Crippen LogP contribution in [-0.4, -0.2) is 4.98 Å². The van der Waals surface area contributed by atoms with E-state index in [2.05, 4.69) is 20.9 Å². The van der Waals surface area contributed by atoms with E-state index in [0.29, 0.717) is 15.9 Å². The molecule has 0 aromatic carbocycles. The lowest BCUT2D eigenvalue weighted by atomic mass is 10.3. The molecule has 0 atom stereocenters. The fourth-order valence-electron chi connectivity index (χ4n) is 1.29. The van der Waals surface area contributed by atoms with Crippen molar-refractivity contribution in [2.24, 2.45) is 0 Å². The molecule has 0 bridgehead atoms. The number of thiophene rings is 1. The van der Waals surface area contributed by atoms with Gasteiger partial charge in [0.05, 0.1) is 0 Å². The highest BCUT2D eigenvalue weighted by atomic mass is 79.9. The number of ether oxygens (including phenoxy) is 1. The Bertz CT molecular complexity index is 547. The zero-order valence-electron chi connectivity index (χ0n) is 9.08. The topological polar surface area (TPSA) is 22.1 Å². The van der Waals surface area contributed by atoms with Crippen LogP contribution in [0.3, 0.4) is 0 Å². The van der Waals surface area contributed by atoms with Gasteiger partial charge in [0.15, 0.2) is 0 Å². The van der Waals surface area contributed by atoms with Crippen LogP contribution in [0.4, 0.5) is 13.2 Å². The molecule has 0 saturated carbocycles. The maximum atomic E-state index is 12.4. The van der Waals surface area contributed by atoms with Crippen LogP contribution in [0.2, 0.25) is 0 Å². The Balaban J connectivity index is 2.21. The minimum Gasteiger partial charge on any atom is -0.438 e. The van der Waals surface area contributed by atoms with Gasteiger partial charge >= 0.3 is 6.18 Å². The second kappa shape index (κ2) is 4.89. The molecule has 0 aliphatic rings. The SMILES string of the molecule is Cc1cc(Br)nc(Oc2csc(C(F)(F)F)c2)c1. The highest BCUT2D eigenvalue weighted by Gasteiger charge is 2.32. The molecule has 2 nitrogen and oxygen atoms in total. The number of rotatable bonds is 2. The van der Waals surface area contributed by atoms with Crippen molar-refractivity contribution in [3.8, 4) is 11.6 Å². The van der Waals surface area contributed by atoms with Crippen LogP contribution in [0.15, 0.2) is 28.2 Å². The molecular formula is C11H7BrF3NOS. The number of aryl methyl sites for hydroxylation is 1. The number of alkyl halides is 3. The van der Waals surface area contributed by atoms with Crippen LogP contribution < -0.4 is 4.74 Å². The van der Waals surface area contributed by atoms with Crippen LogP contribution in [-0.2, 0) is 6.18 Å². The molecule has 2 aromatic heterocycles. The van der Waals surface area contributed by atoms with Crippen molar-refractivity contribution in [1.82, 2.24) is 4.98 Å². The van der Waals surface area contributed by atoms with E-state index in [1.54, 1.807) is 12.1 Å². The minimum absolute atomic E-state index is 0.136. The highest BCUT2D eigenvalue weighted by Crippen LogP contribution is 2.37. The van der Waals surface area contributed by atoms with Gasteiger partial charge in [-0.05, 0) is 34.5 Å². The van der Waals surface area contributed by atoms with Gasteiger partial charge in [-0.25, -0.2) is 4.98 Å². The lowest BCUT2D eigenvalue weighted by Gasteiger charge is -2.04. The van der Waals surface area contributed by atoms with Gasteiger partial charge in [-0.15, -0.1) is 11.3 Å². The predicted octanol–water partition coefficient (Wildman–Crippen LogP) is 5.03. The summed E-state index contributed by atoms with van der Waals surface area (Å²) < 4.78 is 43.1. The van der Waals surface area contributed by atoms with Crippen molar-refractivity contribution >= 4 is 27.3 Å². The van der Waals surface area contributed by atoms with Crippen molar-refractivity contribution < 1.29 is 17.9 Å². The highest BCUT2D eigenvalue weighted by molar-refractivity contribution is 9.10. The maximum absolute atomic E-state index is 12.4. The van der Waals surface area contributed by atoms with Crippen molar-refractivity contribution in [3.05, 3.63) is 38.6 Å². The summed E-state index contributed by atoms with van der Waals surface area (Å²) >= 11 is 3.79. The van der Waals surface area contributed by atoms with E-state index in [9.17, 15) is 13.2 Å². The van der Waals surface area contributed by atoms with Crippen LogP contribution in [0.25, 0.3) is 0 Å². The predicted molar refractivity (Wildman–Crippen MR) is 66.1 cm³/mol. The third kappa shape index (κ3) is 3.23. The van der Waals surface area contributed by atoms with Crippen molar-refractivity contribution in [1.29, 1.82) is 0 Å². The molecule has 0 saturated heterocycles. The van der Waals surface area contributed by atoms with Crippen molar-refractivity contribution in [2.45, 2.75) is 13.1 Å². The standard InChI is InChI=1S/C11H7BrF3NOS/c1-6-2-9(12)16-10(3-6)17-7-4-8(18-5-7)11(13,14)15/h2-5H,1H3.